The molecule has 0 aromatic heterocycles. The van der Waals surface area contributed by atoms with Gasteiger partial charge in [-0.05, 0) is 31.5 Å². The van der Waals surface area contributed by atoms with E-state index in [4.69, 9.17) is 9.84 Å². The lowest BCUT2D eigenvalue weighted by molar-refractivity contribution is 0.0693. The molecule has 3 N–H and O–H groups in total. The Balaban J connectivity index is 2.34. The van der Waals surface area contributed by atoms with Crippen LogP contribution < -0.4 is 4.72 Å². The van der Waals surface area contributed by atoms with Crippen LogP contribution in [0.2, 0.25) is 0 Å². The first-order valence-corrected chi connectivity index (χ1v) is 7.40. The minimum Gasteiger partial charge on any atom is -0.507 e. The summed E-state index contributed by atoms with van der Waals surface area (Å²) in [5, 5.41) is 18.3. The monoisotopic (exact) mass is 301 g/mol. The van der Waals surface area contributed by atoms with Crippen LogP contribution in [0.5, 0.6) is 5.75 Å². The molecule has 0 amide bonds. The number of aromatic hydroxyl groups is 1. The number of phenols is 1. The molecule has 110 valence electrons. The maximum Gasteiger partial charge on any atom is 0.339 e. The summed E-state index contributed by atoms with van der Waals surface area (Å²) in [5.74, 6) is -1.87. The molecule has 0 saturated carbocycles. The average Bonchev–Trinajstić information content (AvgIpc) is 2.74. The van der Waals surface area contributed by atoms with Crippen molar-refractivity contribution in [2.24, 2.45) is 0 Å². The Kier molecular flexibility index (Phi) is 3.72. The van der Waals surface area contributed by atoms with Crippen molar-refractivity contribution < 1.29 is 28.2 Å². The number of hydrogen-bond donors (Lipinski definition) is 3. The molecular formula is C12H15NO6S. The normalized spacial score (nSPS) is 22.9. The molecule has 0 spiro atoms. The first kappa shape index (κ1) is 14.8. The lowest BCUT2D eigenvalue weighted by atomic mass is 10.0. The molecule has 20 heavy (non-hydrogen) atoms. The predicted octanol–water partition coefficient (Wildman–Crippen LogP) is 0.548. The third kappa shape index (κ3) is 2.92. The van der Waals surface area contributed by atoms with Crippen LogP contribution in [-0.4, -0.2) is 43.4 Å². The van der Waals surface area contributed by atoms with Gasteiger partial charge in [0.2, 0.25) is 10.0 Å². The van der Waals surface area contributed by atoms with Crippen LogP contribution in [0.3, 0.4) is 0 Å². The van der Waals surface area contributed by atoms with Gasteiger partial charge >= 0.3 is 5.97 Å². The van der Waals surface area contributed by atoms with Crippen LogP contribution in [-0.2, 0) is 14.8 Å². The highest BCUT2D eigenvalue weighted by Crippen LogP contribution is 2.24. The first-order chi connectivity index (χ1) is 9.23. The Bertz CT molecular complexity index is 633. The number of aromatic carboxylic acids is 1. The molecule has 1 unspecified atom stereocenters. The molecule has 1 aromatic rings. The smallest absolute Gasteiger partial charge is 0.339 e. The lowest BCUT2D eigenvalue weighted by Crippen LogP contribution is -2.46. The summed E-state index contributed by atoms with van der Waals surface area (Å²) < 4.78 is 32.1. The third-order valence-corrected chi connectivity index (χ3v) is 4.74. The SMILES string of the molecule is CC1(NS(=O)(=O)c2ccc(O)c(C(=O)O)c2)CCOC1. The van der Waals surface area contributed by atoms with Crippen LogP contribution >= 0.6 is 0 Å². The molecule has 0 aliphatic carbocycles. The van der Waals surface area contributed by atoms with Gasteiger partial charge in [-0.15, -0.1) is 0 Å². The Morgan fingerprint density at radius 2 is 2.15 bits per heavy atom. The average molecular weight is 301 g/mol. The van der Waals surface area contributed by atoms with Crippen molar-refractivity contribution in [3.05, 3.63) is 23.8 Å². The molecule has 1 heterocycles. The number of rotatable bonds is 4. The zero-order valence-corrected chi connectivity index (χ0v) is 11.6. The van der Waals surface area contributed by atoms with Crippen molar-refractivity contribution in [1.82, 2.24) is 4.72 Å². The summed E-state index contributed by atoms with van der Waals surface area (Å²) in [5.41, 5.74) is -1.17. The fourth-order valence-corrected chi connectivity index (χ4v) is 3.43. The Morgan fingerprint density at radius 1 is 1.45 bits per heavy atom. The maximum atomic E-state index is 12.2. The van der Waals surface area contributed by atoms with E-state index in [2.05, 4.69) is 4.72 Å². The number of carbonyl (C=O) groups is 1. The van der Waals surface area contributed by atoms with E-state index in [1.165, 1.54) is 0 Å². The Labute approximate surface area is 116 Å². The molecule has 1 fully saturated rings. The standard InChI is InChI=1S/C12H15NO6S/c1-12(4-5-19-7-12)13-20(17,18)8-2-3-10(14)9(6-8)11(15)16/h2-3,6,13-14H,4-5,7H2,1H3,(H,15,16). The maximum absolute atomic E-state index is 12.2. The minimum absolute atomic E-state index is 0.208. The molecule has 1 atom stereocenters. The van der Waals surface area contributed by atoms with Gasteiger partial charge in [-0.1, -0.05) is 0 Å². The van der Waals surface area contributed by atoms with Crippen molar-refractivity contribution in [1.29, 1.82) is 0 Å². The molecule has 2 rings (SSSR count). The zero-order chi connectivity index (χ0) is 15.0. The fraction of sp³-hybridized carbons (Fsp3) is 0.417. The minimum atomic E-state index is -3.88. The predicted molar refractivity (Wildman–Crippen MR) is 69.2 cm³/mol. The lowest BCUT2D eigenvalue weighted by Gasteiger charge is -2.23. The van der Waals surface area contributed by atoms with Crippen LogP contribution in [0.4, 0.5) is 0 Å². The highest BCUT2D eigenvalue weighted by atomic mass is 32.2. The van der Waals surface area contributed by atoms with Crippen molar-refractivity contribution in [3.8, 4) is 5.75 Å². The van der Waals surface area contributed by atoms with Gasteiger partial charge in [-0.2, -0.15) is 0 Å². The molecule has 1 aliphatic rings. The number of carboxylic acid groups (broad SMARTS) is 1. The topological polar surface area (TPSA) is 113 Å². The van der Waals surface area contributed by atoms with E-state index < -0.39 is 32.8 Å². The Hall–Kier alpha value is -1.64. The van der Waals surface area contributed by atoms with Crippen molar-refractivity contribution in [3.63, 3.8) is 0 Å². The van der Waals surface area contributed by atoms with Gasteiger partial charge in [-0.25, -0.2) is 17.9 Å². The molecular weight excluding hydrogens is 286 g/mol. The molecule has 7 nitrogen and oxygen atoms in total. The van der Waals surface area contributed by atoms with E-state index >= 15 is 0 Å². The van der Waals surface area contributed by atoms with E-state index in [0.717, 1.165) is 18.2 Å². The molecule has 1 saturated heterocycles. The van der Waals surface area contributed by atoms with E-state index in [-0.39, 0.29) is 11.5 Å². The van der Waals surface area contributed by atoms with Crippen LogP contribution in [0.1, 0.15) is 23.7 Å². The van der Waals surface area contributed by atoms with Crippen LogP contribution in [0, 0.1) is 0 Å². The van der Waals surface area contributed by atoms with Gasteiger partial charge in [0.05, 0.1) is 17.0 Å². The van der Waals surface area contributed by atoms with Gasteiger partial charge in [0.15, 0.2) is 0 Å². The molecule has 1 aromatic carbocycles. The molecule has 0 radical (unpaired) electrons. The second-order valence-corrected chi connectivity index (χ2v) is 6.64. The Morgan fingerprint density at radius 3 is 2.70 bits per heavy atom. The number of nitrogens with one attached hydrogen (secondary N) is 1. The van der Waals surface area contributed by atoms with Gasteiger partial charge < -0.3 is 14.9 Å². The first-order valence-electron chi connectivity index (χ1n) is 5.92. The largest absolute Gasteiger partial charge is 0.507 e. The second-order valence-electron chi connectivity index (χ2n) is 4.95. The van der Waals surface area contributed by atoms with E-state index in [1.54, 1.807) is 6.92 Å². The van der Waals surface area contributed by atoms with Crippen molar-refractivity contribution in [2.45, 2.75) is 23.8 Å². The van der Waals surface area contributed by atoms with E-state index in [1.807, 2.05) is 0 Å². The van der Waals surface area contributed by atoms with Crippen molar-refractivity contribution >= 4 is 16.0 Å². The number of sulfonamides is 1. The quantitative estimate of drug-likeness (QED) is 0.748. The summed E-state index contributed by atoms with van der Waals surface area (Å²) in [6.07, 6.45) is 0.538. The number of hydrogen-bond acceptors (Lipinski definition) is 5. The number of benzene rings is 1. The van der Waals surface area contributed by atoms with Crippen LogP contribution in [0.25, 0.3) is 0 Å². The molecule has 0 bridgehead atoms. The van der Waals surface area contributed by atoms with E-state index in [9.17, 15) is 18.3 Å². The van der Waals surface area contributed by atoms with Crippen LogP contribution in [0.15, 0.2) is 23.1 Å². The highest BCUT2D eigenvalue weighted by Gasteiger charge is 2.34. The summed E-state index contributed by atoms with van der Waals surface area (Å²) in [7, 11) is -3.88. The summed E-state index contributed by atoms with van der Waals surface area (Å²) >= 11 is 0. The molecule has 1 aliphatic heterocycles. The van der Waals surface area contributed by atoms with Gasteiger partial charge in [0.25, 0.3) is 0 Å². The second kappa shape index (κ2) is 5.04. The summed E-state index contributed by atoms with van der Waals surface area (Å²) in [4.78, 5) is 10.7. The highest BCUT2D eigenvalue weighted by molar-refractivity contribution is 7.89. The summed E-state index contributed by atoms with van der Waals surface area (Å²) in [6.45, 7) is 2.45. The third-order valence-electron chi connectivity index (χ3n) is 3.11. The molecule has 8 heteroatoms. The van der Waals surface area contributed by atoms with E-state index in [0.29, 0.717) is 13.0 Å². The van der Waals surface area contributed by atoms with Gasteiger partial charge in [0.1, 0.15) is 11.3 Å². The summed E-state index contributed by atoms with van der Waals surface area (Å²) in [6, 6.07) is 3.13. The number of ether oxygens (including phenoxy) is 1. The number of carboxylic acids is 1. The van der Waals surface area contributed by atoms with Crippen molar-refractivity contribution in [2.75, 3.05) is 13.2 Å². The van der Waals surface area contributed by atoms with Gasteiger partial charge in [-0.3, -0.25) is 0 Å². The van der Waals surface area contributed by atoms with Gasteiger partial charge in [0, 0.05) is 6.61 Å². The fourth-order valence-electron chi connectivity index (χ4n) is 1.98. The zero-order valence-electron chi connectivity index (χ0n) is 10.8.